The molecule has 0 aromatic carbocycles. The molecule has 1 aliphatic carbocycles. The summed E-state index contributed by atoms with van der Waals surface area (Å²) in [5, 5.41) is 14.8. The predicted molar refractivity (Wildman–Crippen MR) is 69.8 cm³/mol. The van der Waals surface area contributed by atoms with Gasteiger partial charge in [-0.15, -0.1) is 0 Å². The molecule has 90 valence electrons. The molecule has 0 radical (unpaired) electrons. The third kappa shape index (κ3) is 3.08. The van der Waals surface area contributed by atoms with Crippen molar-refractivity contribution in [2.45, 2.75) is 57.5 Å². The van der Waals surface area contributed by atoms with Crippen LogP contribution in [0.5, 0.6) is 0 Å². The minimum atomic E-state index is -0.456. The van der Waals surface area contributed by atoms with E-state index in [1.165, 1.54) is 37.7 Å². The van der Waals surface area contributed by atoms with Gasteiger partial charge in [-0.2, -0.15) is 11.3 Å². The predicted octanol–water partition coefficient (Wildman–Crippen LogP) is 4.01. The summed E-state index contributed by atoms with van der Waals surface area (Å²) in [6, 6.07) is 2.17. The Hall–Kier alpha value is -0.340. The second kappa shape index (κ2) is 5.33. The summed E-state index contributed by atoms with van der Waals surface area (Å²) < 4.78 is 0. The maximum atomic E-state index is 10.5. The molecular weight excluding hydrogens is 216 g/mol. The van der Waals surface area contributed by atoms with E-state index in [-0.39, 0.29) is 0 Å². The van der Waals surface area contributed by atoms with E-state index in [4.69, 9.17) is 0 Å². The molecule has 1 unspecified atom stereocenters. The molecular formula is C14H22OS. The van der Waals surface area contributed by atoms with Crippen LogP contribution >= 0.6 is 11.3 Å². The van der Waals surface area contributed by atoms with Crippen molar-refractivity contribution in [2.75, 3.05) is 0 Å². The summed E-state index contributed by atoms with van der Waals surface area (Å²) in [5.74, 6) is 0.528. The summed E-state index contributed by atoms with van der Waals surface area (Å²) in [6.07, 6.45) is 8.34. The lowest BCUT2D eigenvalue weighted by Gasteiger charge is -2.35. The molecule has 1 atom stereocenters. The second-order valence-corrected chi connectivity index (χ2v) is 6.10. The Morgan fingerprint density at radius 1 is 1.38 bits per heavy atom. The van der Waals surface area contributed by atoms with Gasteiger partial charge in [-0.05, 0) is 60.9 Å². The number of aryl methyl sites for hydroxylation is 1. The molecule has 16 heavy (non-hydrogen) atoms. The van der Waals surface area contributed by atoms with Crippen molar-refractivity contribution in [3.63, 3.8) is 0 Å². The fourth-order valence-electron chi connectivity index (χ4n) is 2.76. The zero-order valence-corrected chi connectivity index (χ0v) is 10.9. The number of thiophene rings is 1. The van der Waals surface area contributed by atoms with Gasteiger partial charge in [0.1, 0.15) is 0 Å². The van der Waals surface area contributed by atoms with E-state index in [1.807, 2.05) is 6.92 Å². The minimum absolute atomic E-state index is 0.456. The largest absolute Gasteiger partial charge is 0.390 e. The van der Waals surface area contributed by atoms with Gasteiger partial charge in [0.15, 0.2) is 0 Å². The van der Waals surface area contributed by atoms with Crippen molar-refractivity contribution in [1.82, 2.24) is 0 Å². The molecule has 0 spiro atoms. The molecule has 0 saturated heterocycles. The molecule has 1 nitrogen and oxygen atoms in total. The Kier molecular flexibility index (Phi) is 4.04. The Balaban J connectivity index is 1.86. The molecule has 1 saturated carbocycles. The van der Waals surface area contributed by atoms with Crippen molar-refractivity contribution >= 4 is 11.3 Å². The van der Waals surface area contributed by atoms with E-state index in [0.29, 0.717) is 5.92 Å². The maximum absolute atomic E-state index is 10.5. The van der Waals surface area contributed by atoms with Crippen LogP contribution in [0.4, 0.5) is 0 Å². The lowest BCUT2D eigenvalue weighted by Crippen LogP contribution is -2.36. The zero-order chi connectivity index (χ0) is 11.4. The third-order valence-corrected chi connectivity index (χ3v) is 4.72. The Morgan fingerprint density at radius 3 is 2.75 bits per heavy atom. The second-order valence-electron chi connectivity index (χ2n) is 5.32. The smallest absolute Gasteiger partial charge is 0.0651 e. The fourth-order valence-corrected chi connectivity index (χ4v) is 3.46. The lowest BCUT2D eigenvalue weighted by molar-refractivity contribution is -0.0232. The molecule has 0 bridgehead atoms. The molecule has 1 heterocycles. The Bertz CT molecular complexity index is 297. The van der Waals surface area contributed by atoms with E-state index in [1.54, 1.807) is 11.3 Å². The number of aliphatic hydroxyl groups is 1. The van der Waals surface area contributed by atoms with Crippen LogP contribution in [0.15, 0.2) is 16.8 Å². The van der Waals surface area contributed by atoms with Gasteiger partial charge >= 0.3 is 0 Å². The van der Waals surface area contributed by atoms with Crippen molar-refractivity contribution in [3.8, 4) is 0 Å². The molecule has 1 aliphatic rings. The van der Waals surface area contributed by atoms with Crippen LogP contribution in [0.25, 0.3) is 0 Å². The summed E-state index contributed by atoms with van der Waals surface area (Å²) in [7, 11) is 0. The molecule has 1 N–H and O–H groups in total. The zero-order valence-electron chi connectivity index (χ0n) is 10.1. The van der Waals surface area contributed by atoms with Crippen LogP contribution in [0.2, 0.25) is 0 Å². The number of rotatable bonds is 4. The first-order valence-electron chi connectivity index (χ1n) is 6.42. The number of hydrogen-bond acceptors (Lipinski definition) is 2. The van der Waals surface area contributed by atoms with Gasteiger partial charge in [0.25, 0.3) is 0 Å². The van der Waals surface area contributed by atoms with Crippen molar-refractivity contribution < 1.29 is 5.11 Å². The van der Waals surface area contributed by atoms with Crippen LogP contribution in [-0.2, 0) is 6.42 Å². The molecule has 1 fully saturated rings. The van der Waals surface area contributed by atoms with Gasteiger partial charge in [-0.3, -0.25) is 0 Å². The topological polar surface area (TPSA) is 20.2 Å². The monoisotopic (exact) mass is 238 g/mol. The first kappa shape index (κ1) is 12.1. The van der Waals surface area contributed by atoms with Crippen molar-refractivity contribution in [3.05, 3.63) is 22.4 Å². The van der Waals surface area contributed by atoms with E-state index in [2.05, 4.69) is 16.8 Å². The molecule has 0 amide bonds. The molecule has 0 aliphatic heterocycles. The van der Waals surface area contributed by atoms with Crippen LogP contribution < -0.4 is 0 Å². The molecule has 2 rings (SSSR count). The first-order valence-corrected chi connectivity index (χ1v) is 7.36. The van der Waals surface area contributed by atoms with Gasteiger partial charge in [0, 0.05) is 0 Å². The van der Waals surface area contributed by atoms with Gasteiger partial charge in [0.2, 0.25) is 0 Å². The van der Waals surface area contributed by atoms with Gasteiger partial charge in [-0.25, -0.2) is 0 Å². The van der Waals surface area contributed by atoms with Crippen molar-refractivity contribution in [2.24, 2.45) is 5.92 Å². The highest BCUT2D eigenvalue weighted by Crippen LogP contribution is 2.35. The van der Waals surface area contributed by atoms with Gasteiger partial charge in [0.05, 0.1) is 5.60 Å². The summed E-state index contributed by atoms with van der Waals surface area (Å²) in [5.41, 5.74) is 0.920. The Morgan fingerprint density at radius 2 is 2.12 bits per heavy atom. The van der Waals surface area contributed by atoms with E-state index >= 15 is 0 Å². The summed E-state index contributed by atoms with van der Waals surface area (Å²) >= 11 is 1.74. The van der Waals surface area contributed by atoms with Crippen LogP contribution in [0.3, 0.4) is 0 Å². The van der Waals surface area contributed by atoms with E-state index in [9.17, 15) is 5.11 Å². The maximum Gasteiger partial charge on any atom is 0.0651 e. The summed E-state index contributed by atoms with van der Waals surface area (Å²) in [4.78, 5) is 0. The first-order chi connectivity index (χ1) is 7.68. The average Bonchev–Trinajstić information content (AvgIpc) is 2.81. The average molecular weight is 238 g/mol. The van der Waals surface area contributed by atoms with Crippen molar-refractivity contribution in [1.29, 1.82) is 0 Å². The lowest BCUT2D eigenvalue weighted by atomic mass is 9.75. The van der Waals surface area contributed by atoms with Crippen LogP contribution in [0.1, 0.15) is 51.0 Å². The van der Waals surface area contributed by atoms with Crippen LogP contribution in [-0.4, -0.2) is 10.7 Å². The number of hydrogen-bond donors (Lipinski definition) is 1. The standard InChI is InChI=1S/C14H22OS/c1-14(15,13-5-3-2-4-6-13)9-7-12-8-10-16-11-12/h8,10-11,13,15H,2-7,9H2,1H3. The third-order valence-electron chi connectivity index (χ3n) is 3.98. The quantitative estimate of drug-likeness (QED) is 0.840. The summed E-state index contributed by atoms with van der Waals surface area (Å²) in [6.45, 7) is 2.04. The Labute approximate surface area is 103 Å². The van der Waals surface area contributed by atoms with Crippen LogP contribution in [0, 0.1) is 5.92 Å². The van der Waals surface area contributed by atoms with E-state index in [0.717, 1.165) is 12.8 Å². The highest BCUT2D eigenvalue weighted by Gasteiger charge is 2.32. The molecule has 1 aromatic rings. The van der Waals surface area contributed by atoms with Gasteiger partial charge in [-0.1, -0.05) is 19.3 Å². The highest BCUT2D eigenvalue weighted by atomic mass is 32.1. The highest BCUT2D eigenvalue weighted by molar-refractivity contribution is 7.07. The van der Waals surface area contributed by atoms with E-state index < -0.39 is 5.60 Å². The normalized spacial score (nSPS) is 21.9. The fraction of sp³-hybridized carbons (Fsp3) is 0.714. The molecule has 1 aromatic heterocycles. The SMILES string of the molecule is CC(O)(CCc1ccsc1)C1CCCCC1. The molecule has 2 heteroatoms. The van der Waals surface area contributed by atoms with Gasteiger partial charge < -0.3 is 5.11 Å². The minimum Gasteiger partial charge on any atom is -0.390 e.